The molecule has 0 unspecified atom stereocenters. The van der Waals surface area contributed by atoms with Gasteiger partial charge >= 0.3 is 0 Å². The third-order valence-electron chi connectivity index (χ3n) is 5.23. The molecule has 0 fully saturated rings. The van der Waals surface area contributed by atoms with E-state index in [-0.39, 0.29) is 35.4 Å². The average molecular weight is 546 g/mol. The lowest BCUT2D eigenvalue weighted by Crippen LogP contribution is -2.39. The first kappa shape index (κ1) is 28.5. The number of fused-ring (bicyclic) bond motifs is 1. The van der Waals surface area contributed by atoms with E-state index in [9.17, 15) is 17.6 Å². The van der Waals surface area contributed by atoms with Gasteiger partial charge in [-0.3, -0.25) is 9.69 Å². The molecule has 11 heteroatoms. The van der Waals surface area contributed by atoms with Crippen LogP contribution < -0.4 is 4.90 Å². The standard InChI is InChI=1S/C23H28FN3O3S3.ClH/c1-4-26(5-2)14-15-27(21(28)13-16-31-18-11-9-17(24)10-12-18)23-25-22-19(32-23)7-6-8-20(22)33(3,29)30;/h6-12H,4-5,13-16H2,1-3H3;1H. The molecule has 3 rings (SSSR count). The summed E-state index contributed by atoms with van der Waals surface area (Å²) in [5.74, 6) is 0.185. The maximum Gasteiger partial charge on any atom is 0.229 e. The number of amides is 1. The minimum atomic E-state index is -3.44. The molecule has 0 spiro atoms. The van der Waals surface area contributed by atoms with Gasteiger partial charge in [0.05, 0.1) is 9.60 Å². The van der Waals surface area contributed by atoms with Crippen LogP contribution in [0.25, 0.3) is 10.2 Å². The van der Waals surface area contributed by atoms with Crippen molar-refractivity contribution in [3.8, 4) is 0 Å². The quantitative estimate of drug-likeness (QED) is 0.312. The first-order chi connectivity index (χ1) is 15.7. The number of thiazole rings is 1. The van der Waals surface area contributed by atoms with Crippen LogP contribution in [0, 0.1) is 5.82 Å². The van der Waals surface area contributed by atoms with Crippen LogP contribution in [0.4, 0.5) is 9.52 Å². The van der Waals surface area contributed by atoms with Crippen molar-refractivity contribution in [2.24, 2.45) is 0 Å². The summed E-state index contributed by atoms with van der Waals surface area (Å²) in [5.41, 5.74) is 0.404. The van der Waals surface area contributed by atoms with Crippen LogP contribution in [0.2, 0.25) is 0 Å². The van der Waals surface area contributed by atoms with Crippen LogP contribution in [-0.2, 0) is 14.6 Å². The van der Waals surface area contributed by atoms with Crippen LogP contribution in [0.3, 0.4) is 0 Å². The highest BCUT2D eigenvalue weighted by Crippen LogP contribution is 2.33. The molecule has 0 atom stereocenters. The van der Waals surface area contributed by atoms with Crippen molar-refractivity contribution in [2.45, 2.75) is 30.1 Å². The minimum absolute atomic E-state index is 0. The van der Waals surface area contributed by atoms with Crippen LogP contribution in [0.15, 0.2) is 52.3 Å². The summed E-state index contributed by atoms with van der Waals surface area (Å²) in [6.45, 7) is 7.05. The Balaban J connectivity index is 0.00000408. The first-order valence-corrected chi connectivity index (χ1v) is 14.4. The number of carbonyl (C=O) groups is 1. The van der Waals surface area contributed by atoms with E-state index < -0.39 is 9.84 Å². The third kappa shape index (κ3) is 7.39. The van der Waals surface area contributed by atoms with E-state index >= 15 is 0 Å². The Morgan fingerprint density at radius 1 is 1.09 bits per heavy atom. The molecule has 0 aliphatic heterocycles. The van der Waals surface area contributed by atoms with Crippen molar-refractivity contribution in [3.63, 3.8) is 0 Å². The number of hydrogen-bond acceptors (Lipinski definition) is 7. The summed E-state index contributed by atoms with van der Waals surface area (Å²) in [6.07, 6.45) is 1.45. The molecule has 0 saturated heterocycles. The van der Waals surface area contributed by atoms with Crippen molar-refractivity contribution >= 4 is 66.6 Å². The van der Waals surface area contributed by atoms with E-state index in [1.807, 2.05) is 6.07 Å². The monoisotopic (exact) mass is 545 g/mol. The molecule has 3 aromatic rings. The van der Waals surface area contributed by atoms with Gasteiger partial charge < -0.3 is 4.90 Å². The Hall–Kier alpha value is -1.72. The largest absolute Gasteiger partial charge is 0.302 e. The molecule has 0 aliphatic rings. The average Bonchev–Trinajstić information content (AvgIpc) is 3.21. The number of halogens is 2. The number of anilines is 1. The Kier molecular flexibility index (Phi) is 10.8. The van der Waals surface area contributed by atoms with E-state index in [0.29, 0.717) is 29.5 Å². The summed E-state index contributed by atoms with van der Waals surface area (Å²) in [4.78, 5) is 22.8. The molecule has 1 amide bonds. The molecule has 0 radical (unpaired) electrons. The molecule has 6 nitrogen and oxygen atoms in total. The maximum absolute atomic E-state index is 13.2. The normalized spacial score (nSPS) is 11.6. The van der Waals surface area contributed by atoms with Crippen molar-refractivity contribution in [3.05, 3.63) is 48.3 Å². The van der Waals surface area contributed by atoms with E-state index in [4.69, 9.17) is 0 Å². The highest BCUT2D eigenvalue weighted by Gasteiger charge is 2.23. The first-order valence-electron chi connectivity index (χ1n) is 10.7. The molecule has 2 aromatic carbocycles. The number of nitrogens with zero attached hydrogens (tertiary/aromatic N) is 3. The van der Waals surface area contributed by atoms with E-state index in [1.54, 1.807) is 29.2 Å². The number of sulfone groups is 1. The molecule has 0 aliphatic carbocycles. The van der Waals surface area contributed by atoms with Gasteiger partial charge in [-0.15, -0.1) is 24.2 Å². The zero-order valence-electron chi connectivity index (χ0n) is 19.4. The Morgan fingerprint density at radius 2 is 1.76 bits per heavy atom. The molecule has 0 saturated carbocycles. The summed E-state index contributed by atoms with van der Waals surface area (Å²) in [7, 11) is -3.44. The highest BCUT2D eigenvalue weighted by atomic mass is 35.5. The van der Waals surface area contributed by atoms with Gasteiger partial charge in [-0.1, -0.05) is 31.3 Å². The van der Waals surface area contributed by atoms with Gasteiger partial charge in [0.25, 0.3) is 0 Å². The minimum Gasteiger partial charge on any atom is -0.302 e. The molecule has 1 heterocycles. The zero-order chi connectivity index (χ0) is 24.0. The van der Waals surface area contributed by atoms with Crippen LogP contribution in [-0.4, -0.2) is 62.4 Å². The molecule has 34 heavy (non-hydrogen) atoms. The SMILES string of the molecule is CCN(CC)CCN(C(=O)CCSc1ccc(F)cc1)c1nc2c(S(C)(=O)=O)cccc2s1.Cl. The lowest BCUT2D eigenvalue weighted by atomic mass is 10.3. The lowest BCUT2D eigenvalue weighted by molar-refractivity contribution is -0.118. The Morgan fingerprint density at radius 3 is 2.38 bits per heavy atom. The van der Waals surface area contributed by atoms with E-state index in [2.05, 4.69) is 23.7 Å². The van der Waals surface area contributed by atoms with Crippen LogP contribution in [0.5, 0.6) is 0 Å². The van der Waals surface area contributed by atoms with Gasteiger partial charge in [-0.2, -0.15) is 0 Å². The maximum atomic E-state index is 13.2. The fourth-order valence-electron chi connectivity index (χ4n) is 3.36. The third-order valence-corrected chi connectivity index (χ3v) is 8.42. The number of benzene rings is 2. The summed E-state index contributed by atoms with van der Waals surface area (Å²) < 4.78 is 38.2. The molecule has 0 bridgehead atoms. The van der Waals surface area contributed by atoms with Crippen LogP contribution in [0.1, 0.15) is 20.3 Å². The fraction of sp³-hybridized carbons (Fsp3) is 0.391. The molecule has 1 aromatic heterocycles. The Labute approximate surface area is 214 Å². The van der Waals surface area contributed by atoms with Crippen molar-refractivity contribution in [1.82, 2.24) is 9.88 Å². The van der Waals surface area contributed by atoms with Gasteiger partial charge in [0.15, 0.2) is 15.0 Å². The van der Waals surface area contributed by atoms with Gasteiger partial charge in [-0.05, 0) is 49.5 Å². The van der Waals surface area contributed by atoms with Crippen molar-refractivity contribution in [1.29, 1.82) is 0 Å². The van der Waals surface area contributed by atoms with Gasteiger partial charge in [0, 0.05) is 36.4 Å². The van der Waals surface area contributed by atoms with Crippen LogP contribution >= 0.6 is 35.5 Å². The topological polar surface area (TPSA) is 70.6 Å². The number of thioether (sulfide) groups is 1. The number of carbonyl (C=O) groups excluding carboxylic acids is 1. The van der Waals surface area contributed by atoms with Gasteiger partial charge in [0.1, 0.15) is 11.3 Å². The van der Waals surface area contributed by atoms with Gasteiger partial charge in [-0.25, -0.2) is 17.8 Å². The zero-order valence-corrected chi connectivity index (χ0v) is 22.6. The van der Waals surface area contributed by atoms with Crippen molar-refractivity contribution < 1.29 is 17.6 Å². The number of likely N-dealkylation sites (N-methyl/N-ethyl adjacent to an activating group) is 1. The smallest absolute Gasteiger partial charge is 0.229 e. The fourth-order valence-corrected chi connectivity index (χ4v) is 6.13. The predicted octanol–water partition coefficient (Wildman–Crippen LogP) is 5.12. The van der Waals surface area contributed by atoms with E-state index in [0.717, 1.165) is 28.9 Å². The van der Waals surface area contributed by atoms with E-state index in [1.165, 1.54) is 35.2 Å². The molecular weight excluding hydrogens is 517 g/mol. The summed E-state index contributed by atoms with van der Waals surface area (Å²) in [6, 6.07) is 11.3. The lowest BCUT2D eigenvalue weighted by Gasteiger charge is -2.24. The van der Waals surface area contributed by atoms with Crippen molar-refractivity contribution in [2.75, 3.05) is 43.1 Å². The van der Waals surface area contributed by atoms with Gasteiger partial charge in [0.2, 0.25) is 5.91 Å². The molecule has 0 N–H and O–H groups in total. The Bertz CT molecular complexity index is 1200. The predicted molar refractivity (Wildman–Crippen MR) is 142 cm³/mol. The number of para-hydroxylation sites is 1. The number of rotatable bonds is 11. The second kappa shape index (κ2) is 12.8. The number of aromatic nitrogens is 1. The summed E-state index contributed by atoms with van der Waals surface area (Å²) >= 11 is 2.82. The molecule has 186 valence electrons. The highest BCUT2D eigenvalue weighted by molar-refractivity contribution is 7.99. The number of hydrogen-bond donors (Lipinski definition) is 0. The second-order valence-electron chi connectivity index (χ2n) is 7.50. The molecular formula is C23H29ClFN3O3S3. The summed E-state index contributed by atoms with van der Waals surface area (Å²) in [5, 5.41) is 0.505. The second-order valence-corrected chi connectivity index (χ2v) is 11.7.